The molecule has 2 unspecified atom stereocenters. The second-order valence-electron chi connectivity index (χ2n) is 7.89. The second-order valence-corrected chi connectivity index (χ2v) is 7.89. The fourth-order valence-electron chi connectivity index (χ4n) is 4.50. The summed E-state index contributed by atoms with van der Waals surface area (Å²) in [5, 5.41) is 10.8. The quantitative estimate of drug-likeness (QED) is 0.846. The normalized spacial score (nSPS) is 23.6. The molecule has 2 heterocycles. The van der Waals surface area contributed by atoms with Gasteiger partial charge in [0.2, 0.25) is 0 Å². The van der Waals surface area contributed by atoms with Crippen LogP contribution in [0, 0.1) is 0 Å². The maximum absolute atomic E-state index is 10.8. The Balaban J connectivity index is 1.60. The minimum absolute atomic E-state index is 0.181. The van der Waals surface area contributed by atoms with E-state index in [0.29, 0.717) is 13.2 Å². The summed E-state index contributed by atoms with van der Waals surface area (Å²) < 4.78 is 11.7. The van der Waals surface area contributed by atoms with Crippen molar-refractivity contribution in [3.63, 3.8) is 0 Å². The number of nitrogens with zero attached hydrogens (tertiary/aromatic N) is 1. The van der Waals surface area contributed by atoms with Gasteiger partial charge in [-0.15, -0.1) is 0 Å². The van der Waals surface area contributed by atoms with Gasteiger partial charge in [-0.3, -0.25) is 4.90 Å². The molecule has 1 saturated heterocycles. The summed E-state index contributed by atoms with van der Waals surface area (Å²) in [6.07, 6.45) is 3.91. The summed E-state index contributed by atoms with van der Waals surface area (Å²) in [5.41, 5.74) is 3.20. The third-order valence-electron chi connectivity index (χ3n) is 5.92. The molecule has 2 aromatic rings. The summed E-state index contributed by atoms with van der Waals surface area (Å²) in [4.78, 5) is 2.16. The maximum atomic E-state index is 10.8. The van der Waals surface area contributed by atoms with E-state index >= 15 is 0 Å². The first-order chi connectivity index (χ1) is 13.2. The van der Waals surface area contributed by atoms with E-state index < -0.39 is 6.23 Å². The Morgan fingerprint density at radius 1 is 1.11 bits per heavy atom. The van der Waals surface area contributed by atoms with E-state index in [1.54, 1.807) is 7.11 Å². The van der Waals surface area contributed by atoms with Crippen molar-refractivity contribution >= 4 is 0 Å². The number of benzene rings is 2. The number of hydrogen-bond acceptors (Lipinski definition) is 4. The minimum Gasteiger partial charge on any atom is -0.492 e. The molecule has 27 heavy (non-hydrogen) atoms. The van der Waals surface area contributed by atoms with Gasteiger partial charge < -0.3 is 14.6 Å². The Kier molecular flexibility index (Phi) is 5.48. The maximum Gasteiger partial charge on any atom is 0.133 e. The molecule has 2 aromatic carbocycles. The summed E-state index contributed by atoms with van der Waals surface area (Å²) >= 11 is 0. The number of rotatable bonds is 6. The van der Waals surface area contributed by atoms with Crippen molar-refractivity contribution in [3.05, 3.63) is 65.2 Å². The lowest BCUT2D eigenvalue weighted by Crippen LogP contribution is -2.36. The van der Waals surface area contributed by atoms with E-state index in [-0.39, 0.29) is 5.41 Å². The van der Waals surface area contributed by atoms with Crippen molar-refractivity contribution in [2.75, 3.05) is 33.4 Å². The van der Waals surface area contributed by atoms with Crippen LogP contribution in [0.2, 0.25) is 0 Å². The Bertz CT molecular complexity index is 757. The van der Waals surface area contributed by atoms with Crippen LogP contribution >= 0.6 is 0 Å². The van der Waals surface area contributed by atoms with Gasteiger partial charge in [0, 0.05) is 25.8 Å². The van der Waals surface area contributed by atoms with Gasteiger partial charge in [-0.1, -0.05) is 48.9 Å². The van der Waals surface area contributed by atoms with Crippen molar-refractivity contribution in [1.82, 2.24) is 4.90 Å². The first kappa shape index (κ1) is 18.5. The lowest BCUT2D eigenvalue weighted by Gasteiger charge is -2.31. The van der Waals surface area contributed by atoms with Crippen LogP contribution < -0.4 is 4.74 Å². The topological polar surface area (TPSA) is 41.9 Å². The summed E-state index contributed by atoms with van der Waals surface area (Å²) in [6, 6.07) is 16.7. The van der Waals surface area contributed by atoms with Gasteiger partial charge >= 0.3 is 0 Å². The zero-order chi connectivity index (χ0) is 18.7. The molecule has 0 amide bonds. The lowest BCUT2D eigenvalue weighted by molar-refractivity contribution is -0.00993. The van der Waals surface area contributed by atoms with Gasteiger partial charge in [-0.2, -0.15) is 0 Å². The average molecular weight is 367 g/mol. The summed E-state index contributed by atoms with van der Waals surface area (Å²) in [7, 11) is 1.75. The molecular formula is C23H29NO3. The van der Waals surface area contributed by atoms with Gasteiger partial charge in [0.05, 0.1) is 12.0 Å². The molecule has 1 fully saturated rings. The Morgan fingerprint density at radius 3 is 2.63 bits per heavy atom. The van der Waals surface area contributed by atoms with Gasteiger partial charge in [-0.05, 0) is 36.5 Å². The van der Waals surface area contributed by atoms with E-state index in [0.717, 1.165) is 43.7 Å². The molecule has 2 atom stereocenters. The number of aliphatic hydroxyl groups excluding tert-OH is 1. The fraction of sp³-hybridized carbons (Fsp3) is 0.478. The van der Waals surface area contributed by atoms with Crippen molar-refractivity contribution < 1.29 is 14.6 Å². The fourth-order valence-corrected chi connectivity index (χ4v) is 4.50. The Labute approximate surface area is 161 Å². The summed E-state index contributed by atoms with van der Waals surface area (Å²) in [6.45, 7) is 3.14. The predicted molar refractivity (Wildman–Crippen MR) is 106 cm³/mol. The molecule has 0 aliphatic carbocycles. The van der Waals surface area contributed by atoms with E-state index in [4.69, 9.17) is 9.47 Å². The minimum atomic E-state index is -0.550. The number of aliphatic hydroxyl groups is 1. The third-order valence-corrected chi connectivity index (χ3v) is 5.92. The van der Waals surface area contributed by atoms with Crippen LogP contribution in [-0.2, 0) is 16.6 Å². The monoisotopic (exact) mass is 367 g/mol. The lowest BCUT2D eigenvalue weighted by atomic mass is 9.77. The number of fused-ring (bicyclic) bond motifs is 1. The predicted octanol–water partition coefficient (Wildman–Crippen LogP) is 3.68. The zero-order valence-electron chi connectivity index (χ0n) is 16.1. The van der Waals surface area contributed by atoms with Crippen LogP contribution in [0.15, 0.2) is 48.5 Å². The van der Waals surface area contributed by atoms with E-state index in [2.05, 4.69) is 41.3 Å². The molecule has 4 nitrogen and oxygen atoms in total. The van der Waals surface area contributed by atoms with Crippen LogP contribution in [0.5, 0.6) is 5.75 Å². The molecule has 0 radical (unpaired) electrons. The highest BCUT2D eigenvalue weighted by molar-refractivity contribution is 5.48. The highest BCUT2D eigenvalue weighted by Crippen LogP contribution is 2.43. The van der Waals surface area contributed by atoms with Crippen LogP contribution in [0.4, 0.5) is 0 Å². The molecule has 0 bridgehead atoms. The van der Waals surface area contributed by atoms with Gasteiger partial charge in [-0.25, -0.2) is 0 Å². The molecule has 2 aliphatic heterocycles. The first-order valence-corrected chi connectivity index (χ1v) is 9.94. The van der Waals surface area contributed by atoms with Crippen LogP contribution in [0.1, 0.15) is 42.2 Å². The number of methoxy groups -OCH3 is 1. The van der Waals surface area contributed by atoms with Crippen LogP contribution in [0.3, 0.4) is 0 Å². The van der Waals surface area contributed by atoms with E-state index in [1.165, 1.54) is 17.5 Å². The van der Waals surface area contributed by atoms with E-state index in [9.17, 15) is 5.11 Å². The van der Waals surface area contributed by atoms with Crippen LogP contribution in [-0.4, -0.2) is 43.4 Å². The Morgan fingerprint density at radius 2 is 1.89 bits per heavy atom. The first-order valence-electron chi connectivity index (χ1n) is 9.94. The van der Waals surface area contributed by atoms with Crippen molar-refractivity contribution in [2.45, 2.75) is 37.3 Å². The standard InChI is InChI=1S/C23H29NO3/c1-26-16-23(15-18-8-4-2-5-9-18)17-27-21-14-19(10-11-20(21)23)22(25)24-12-6-3-7-13-24/h2,4-5,8-11,14,22,25H,3,6-7,12-13,15-17H2,1H3. The SMILES string of the molecule is COCC1(Cc2ccccc2)COc2cc(C(O)N3CCCCC3)ccc21. The van der Waals surface area contributed by atoms with Gasteiger partial charge in [0.25, 0.3) is 0 Å². The van der Waals surface area contributed by atoms with Gasteiger partial charge in [0.1, 0.15) is 18.6 Å². The molecular weight excluding hydrogens is 338 g/mol. The second kappa shape index (κ2) is 8.01. The third kappa shape index (κ3) is 3.75. The molecule has 2 aliphatic rings. The molecule has 144 valence electrons. The van der Waals surface area contributed by atoms with Crippen LogP contribution in [0.25, 0.3) is 0 Å². The number of likely N-dealkylation sites (tertiary alicyclic amines) is 1. The highest BCUT2D eigenvalue weighted by Gasteiger charge is 2.41. The molecule has 0 spiro atoms. The smallest absolute Gasteiger partial charge is 0.133 e. The largest absolute Gasteiger partial charge is 0.492 e. The van der Waals surface area contributed by atoms with E-state index in [1.807, 2.05) is 12.1 Å². The Hall–Kier alpha value is -1.88. The van der Waals surface area contributed by atoms with Crippen molar-refractivity contribution in [2.24, 2.45) is 0 Å². The average Bonchev–Trinajstić information content (AvgIpc) is 3.07. The molecule has 4 rings (SSSR count). The van der Waals surface area contributed by atoms with Crippen molar-refractivity contribution in [3.8, 4) is 5.75 Å². The molecule has 0 saturated carbocycles. The number of piperidine rings is 1. The molecule has 1 N–H and O–H groups in total. The zero-order valence-corrected chi connectivity index (χ0v) is 16.1. The van der Waals surface area contributed by atoms with Crippen molar-refractivity contribution in [1.29, 1.82) is 0 Å². The highest BCUT2D eigenvalue weighted by atomic mass is 16.5. The molecule has 0 aromatic heterocycles. The number of hydrogen-bond donors (Lipinski definition) is 1. The molecule has 4 heteroatoms. The number of ether oxygens (including phenoxy) is 2. The summed E-state index contributed by atoms with van der Waals surface area (Å²) in [5.74, 6) is 0.886. The van der Waals surface area contributed by atoms with Gasteiger partial charge in [0.15, 0.2) is 0 Å².